The molecule has 2 aromatic rings. The van der Waals surface area contributed by atoms with Gasteiger partial charge in [0.15, 0.2) is 12.2 Å². The Kier molecular flexibility index (Phi) is 5.13. The standard InChI is InChI=1S/C19H20ClNO4/c1-3-21(13-7-4-5-8-13)16(22)11-24-19(23)17-12(2)14-9-6-10-15(20)18(14)25-17/h6-7,9-10H,3-5,8,11H2,1-2H3. The Morgan fingerprint density at radius 1 is 1.36 bits per heavy atom. The molecule has 0 N–H and O–H groups in total. The highest BCUT2D eigenvalue weighted by Crippen LogP contribution is 2.31. The molecule has 0 radical (unpaired) electrons. The van der Waals surface area contributed by atoms with Crippen LogP contribution >= 0.6 is 11.6 Å². The number of fused-ring (bicyclic) bond motifs is 1. The number of carbonyl (C=O) groups is 2. The molecule has 0 saturated heterocycles. The predicted molar refractivity (Wildman–Crippen MR) is 95.6 cm³/mol. The number of furan rings is 1. The number of hydrogen-bond acceptors (Lipinski definition) is 4. The zero-order valence-electron chi connectivity index (χ0n) is 14.3. The fourth-order valence-electron chi connectivity index (χ4n) is 3.11. The Hall–Kier alpha value is -2.27. The first-order chi connectivity index (χ1) is 12.0. The highest BCUT2D eigenvalue weighted by atomic mass is 35.5. The Morgan fingerprint density at radius 3 is 2.80 bits per heavy atom. The average molecular weight is 362 g/mol. The van der Waals surface area contributed by atoms with Crippen LogP contribution in [0, 0.1) is 6.92 Å². The van der Waals surface area contributed by atoms with Crippen molar-refractivity contribution >= 4 is 34.4 Å². The van der Waals surface area contributed by atoms with Crippen LogP contribution in [0.15, 0.2) is 34.4 Å². The van der Waals surface area contributed by atoms with Crippen molar-refractivity contribution in [1.82, 2.24) is 4.90 Å². The molecule has 1 heterocycles. The third-order valence-electron chi connectivity index (χ3n) is 4.41. The molecule has 25 heavy (non-hydrogen) atoms. The Balaban J connectivity index is 1.71. The smallest absolute Gasteiger partial charge is 0.375 e. The van der Waals surface area contributed by atoms with Gasteiger partial charge in [-0.2, -0.15) is 0 Å². The number of benzene rings is 1. The summed E-state index contributed by atoms with van der Waals surface area (Å²) in [7, 11) is 0. The summed E-state index contributed by atoms with van der Waals surface area (Å²) in [4.78, 5) is 26.4. The molecule has 0 saturated carbocycles. The number of halogens is 1. The van der Waals surface area contributed by atoms with Gasteiger partial charge in [0.25, 0.3) is 5.91 Å². The molecular formula is C19H20ClNO4. The third kappa shape index (κ3) is 3.42. The van der Waals surface area contributed by atoms with Crippen molar-refractivity contribution in [1.29, 1.82) is 0 Å². The second-order valence-corrected chi connectivity index (χ2v) is 6.38. The SMILES string of the molecule is CCN(C(=O)COC(=O)c1oc2c(Cl)cccc2c1C)C1=CCCC1. The lowest BCUT2D eigenvalue weighted by Gasteiger charge is -2.21. The van der Waals surface area contributed by atoms with E-state index in [0.29, 0.717) is 22.7 Å². The summed E-state index contributed by atoms with van der Waals surface area (Å²) in [6.45, 7) is 3.92. The van der Waals surface area contributed by atoms with Gasteiger partial charge in [-0.25, -0.2) is 4.79 Å². The van der Waals surface area contributed by atoms with E-state index in [0.717, 1.165) is 30.3 Å². The van der Waals surface area contributed by atoms with Gasteiger partial charge in [-0.1, -0.05) is 29.8 Å². The van der Waals surface area contributed by atoms with Gasteiger partial charge < -0.3 is 14.1 Å². The van der Waals surface area contributed by atoms with Crippen LogP contribution in [-0.4, -0.2) is 29.9 Å². The van der Waals surface area contributed by atoms with Gasteiger partial charge in [-0.3, -0.25) is 4.79 Å². The van der Waals surface area contributed by atoms with Crippen LogP contribution in [0.4, 0.5) is 0 Å². The number of rotatable bonds is 5. The number of ether oxygens (including phenoxy) is 1. The Labute approximate surface area is 151 Å². The van der Waals surface area contributed by atoms with Crippen molar-refractivity contribution in [2.75, 3.05) is 13.2 Å². The van der Waals surface area contributed by atoms with E-state index >= 15 is 0 Å². The zero-order chi connectivity index (χ0) is 18.0. The van der Waals surface area contributed by atoms with Crippen LogP contribution < -0.4 is 0 Å². The lowest BCUT2D eigenvalue weighted by Crippen LogP contribution is -2.33. The van der Waals surface area contributed by atoms with E-state index in [1.807, 2.05) is 13.0 Å². The number of nitrogens with zero attached hydrogens (tertiary/aromatic N) is 1. The molecule has 0 aliphatic heterocycles. The molecule has 0 unspecified atom stereocenters. The molecule has 1 amide bonds. The van der Waals surface area contributed by atoms with Crippen LogP contribution in [-0.2, 0) is 9.53 Å². The highest BCUT2D eigenvalue weighted by Gasteiger charge is 2.23. The van der Waals surface area contributed by atoms with Gasteiger partial charge in [0.1, 0.15) is 0 Å². The number of carbonyl (C=O) groups excluding carboxylic acids is 2. The van der Waals surface area contributed by atoms with Crippen LogP contribution in [0.2, 0.25) is 5.02 Å². The quantitative estimate of drug-likeness (QED) is 0.737. The normalized spacial score (nSPS) is 13.8. The number of likely N-dealkylation sites (N-methyl/N-ethyl adjacent to an activating group) is 1. The van der Waals surface area contributed by atoms with Crippen molar-refractivity contribution in [3.63, 3.8) is 0 Å². The Bertz CT molecular complexity index is 852. The molecule has 0 atom stereocenters. The molecule has 6 heteroatoms. The number of esters is 1. The fourth-order valence-corrected chi connectivity index (χ4v) is 3.33. The number of aryl methyl sites for hydroxylation is 1. The van der Waals surface area contributed by atoms with E-state index in [4.69, 9.17) is 20.8 Å². The summed E-state index contributed by atoms with van der Waals surface area (Å²) in [5, 5.41) is 1.19. The van der Waals surface area contributed by atoms with Crippen molar-refractivity contribution in [2.24, 2.45) is 0 Å². The minimum Gasteiger partial charge on any atom is -0.450 e. The maximum absolute atomic E-state index is 12.4. The van der Waals surface area contributed by atoms with Crippen molar-refractivity contribution < 1.29 is 18.7 Å². The van der Waals surface area contributed by atoms with E-state index in [1.165, 1.54) is 0 Å². The summed E-state index contributed by atoms with van der Waals surface area (Å²) in [5.74, 6) is -0.801. The molecule has 132 valence electrons. The number of amides is 1. The van der Waals surface area contributed by atoms with Crippen LogP contribution in [0.25, 0.3) is 11.0 Å². The fraction of sp³-hybridized carbons (Fsp3) is 0.368. The van der Waals surface area contributed by atoms with Crippen LogP contribution in [0.3, 0.4) is 0 Å². The molecule has 0 spiro atoms. The summed E-state index contributed by atoms with van der Waals surface area (Å²) in [6.07, 6.45) is 4.99. The van der Waals surface area contributed by atoms with Crippen molar-refractivity contribution in [3.05, 3.63) is 46.3 Å². The summed E-state index contributed by atoms with van der Waals surface area (Å²) >= 11 is 6.09. The first-order valence-corrected chi connectivity index (χ1v) is 8.74. The molecule has 1 aromatic carbocycles. The van der Waals surface area contributed by atoms with E-state index in [9.17, 15) is 9.59 Å². The Morgan fingerprint density at radius 2 is 2.16 bits per heavy atom. The van der Waals surface area contributed by atoms with E-state index in [2.05, 4.69) is 6.08 Å². The zero-order valence-corrected chi connectivity index (χ0v) is 15.1. The minimum atomic E-state index is -0.658. The van der Waals surface area contributed by atoms with E-state index in [1.54, 1.807) is 24.0 Å². The number of hydrogen-bond donors (Lipinski definition) is 0. The lowest BCUT2D eigenvalue weighted by molar-refractivity contribution is -0.132. The van der Waals surface area contributed by atoms with Gasteiger partial charge in [-0.15, -0.1) is 0 Å². The van der Waals surface area contributed by atoms with Gasteiger partial charge in [0.2, 0.25) is 5.76 Å². The lowest BCUT2D eigenvalue weighted by atomic mass is 10.1. The topological polar surface area (TPSA) is 59.8 Å². The molecule has 0 fully saturated rings. The minimum absolute atomic E-state index is 0.0824. The van der Waals surface area contributed by atoms with Gasteiger partial charge in [-0.05, 0) is 39.2 Å². The molecule has 3 rings (SSSR count). The summed E-state index contributed by atoms with van der Waals surface area (Å²) in [5.41, 5.74) is 2.11. The first kappa shape index (κ1) is 17.5. The van der Waals surface area contributed by atoms with Crippen molar-refractivity contribution in [2.45, 2.75) is 33.1 Å². The van der Waals surface area contributed by atoms with E-state index < -0.39 is 5.97 Å². The van der Waals surface area contributed by atoms with Gasteiger partial charge in [0.05, 0.1) is 5.02 Å². The van der Waals surface area contributed by atoms with Crippen LogP contribution in [0.1, 0.15) is 42.3 Å². The predicted octanol–water partition coefficient (Wildman–Crippen LogP) is 4.47. The monoisotopic (exact) mass is 361 g/mol. The largest absolute Gasteiger partial charge is 0.450 e. The second kappa shape index (κ2) is 7.31. The average Bonchev–Trinajstić information content (AvgIpc) is 3.23. The number of para-hydroxylation sites is 1. The number of allylic oxidation sites excluding steroid dienone is 2. The second-order valence-electron chi connectivity index (χ2n) is 5.97. The molecule has 1 aliphatic rings. The first-order valence-electron chi connectivity index (χ1n) is 8.37. The molecule has 1 aliphatic carbocycles. The summed E-state index contributed by atoms with van der Waals surface area (Å²) in [6, 6.07) is 5.31. The molecule has 5 nitrogen and oxygen atoms in total. The van der Waals surface area contributed by atoms with Gasteiger partial charge >= 0.3 is 5.97 Å². The third-order valence-corrected chi connectivity index (χ3v) is 4.71. The maximum Gasteiger partial charge on any atom is 0.375 e. The van der Waals surface area contributed by atoms with Gasteiger partial charge in [0, 0.05) is 23.2 Å². The van der Waals surface area contributed by atoms with E-state index in [-0.39, 0.29) is 18.3 Å². The maximum atomic E-state index is 12.4. The molecular weight excluding hydrogens is 342 g/mol. The summed E-state index contributed by atoms with van der Waals surface area (Å²) < 4.78 is 10.8. The van der Waals surface area contributed by atoms with Crippen molar-refractivity contribution in [3.8, 4) is 0 Å². The molecule has 0 bridgehead atoms. The molecule has 1 aromatic heterocycles. The highest BCUT2D eigenvalue weighted by molar-refractivity contribution is 6.35. The van der Waals surface area contributed by atoms with Crippen LogP contribution in [0.5, 0.6) is 0 Å².